The average Bonchev–Trinajstić information content (AvgIpc) is 2.99. The average molecular weight is 357 g/mol. The third-order valence-corrected chi connectivity index (χ3v) is 4.55. The SMILES string of the molecule is CCN=c1scc(-c2ccc(Cl)cc2)n1N=C(C)c1cccnc1. The van der Waals surface area contributed by atoms with Crippen molar-refractivity contribution in [2.24, 2.45) is 10.1 Å². The number of nitrogens with zero attached hydrogens (tertiary/aromatic N) is 4. The van der Waals surface area contributed by atoms with Crippen LogP contribution in [0.2, 0.25) is 5.02 Å². The number of pyridine rings is 1. The lowest BCUT2D eigenvalue weighted by Gasteiger charge is -2.06. The Labute approximate surface area is 149 Å². The van der Waals surface area contributed by atoms with Crippen LogP contribution in [0.4, 0.5) is 0 Å². The number of aromatic nitrogens is 2. The van der Waals surface area contributed by atoms with Crippen molar-refractivity contribution in [1.29, 1.82) is 0 Å². The van der Waals surface area contributed by atoms with E-state index in [1.807, 2.05) is 61.1 Å². The maximum absolute atomic E-state index is 6.00. The molecule has 122 valence electrons. The van der Waals surface area contributed by atoms with Crippen LogP contribution in [0.25, 0.3) is 11.3 Å². The van der Waals surface area contributed by atoms with Crippen molar-refractivity contribution in [3.8, 4) is 11.3 Å². The first-order chi connectivity index (χ1) is 11.7. The zero-order chi connectivity index (χ0) is 16.9. The van der Waals surface area contributed by atoms with E-state index in [9.17, 15) is 0 Å². The third kappa shape index (κ3) is 3.63. The number of hydrogen-bond donors (Lipinski definition) is 0. The summed E-state index contributed by atoms with van der Waals surface area (Å²) in [7, 11) is 0. The Kier molecular flexibility index (Phi) is 5.23. The van der Waals surface area contributed by atoms with Crippen LogP contribution in [-0.2, 0) is 0 Å². The van der Waals surface area contributed by atoms with Crippen molar-refractivity contribution < 1.29 is 0 Å². The minimum absolute atomic E-state index is 0.710. The summed E-state index contributed by atoms with van der Waals surface area (Å²) in [5.74, 6) is 0. The number of thiazole rings is 1. The van der Waals surface area contributed by atoms with E-state index in [1.54, 1.807) is 17.5 Å². The second-order valence-corrected chi connectivity index (χ2v) is 6.40. The first-order valence-corrected chi connectivity index (χ1v) is 8.87. The van der Waals surface area contributed by atoms with Crippen LogP contribution in [0.1, 0.15) is 19.4 Å². The molecule has 0 spiro atoms. The van der Waals surface area contributed by atoms with E-state index in [1.165, 1.54) is 0 Å². The highest BCUT2D eigenvalue weighted by Crippen LogP contribution is 2.22. The highest BCUT2D eigenvalue weighted by atomic mass is 35.5. The lowest BCUT2D eigenvalue weighted by atomic mass is 10.2. The lowest BCUT2D eigenvalue weighted by molar-refractivity contribution is 0.827. The molecule has 1 aromatic carbocycles. The second kappa shape index (κ2) is 7.55. The maximum atomic E-state index is 6.00. The van der Waals surface area contributed by atoms with Gasteiger partial charge in [-0.1, -0.05) is 29.8 Å². The topological polar surface area (TPSA) is 42.5 Å². The van der Waals surface area contributed by atoms with Crippen LogP contribution in [0.3, 0.4) is 0 Å². The van der Waals surface area contributed by atoms with Gasteiger partial charge in [-0.25, -0.2) is 4.68 Å². The minimum atomic E-state index is 0.710. The number of benzene rings is 1. The summed E-state index contributed by atoms with van der Waals surface area (Å²) in [6.07, 6.45) is 3.57. The Balaban J connectivity index is 2.13. The summed E-state index contributed by atoms with van der Waals surface area (Å²) < 4.78 is 1.89. The second-order valence-electron chi connectivity index (χ2n) is 5.12. The van der Waals surface area contributed by atoms with E-state index >= 15 is 0 Å². The molecule has 4 nitrogen and oxygen atoms in total. The normalized spacial score (nSPS) is 12.6. The monoisotopic (exact) mass is 356 g/mol. The van der Waals surface area contributed by atoms with E-state index in [0.29, 0.717) is 11.6 Å². The molecule has 0 bridgehead atoms. The maximum Gasteiger partial charge on any atom is 0.206 e. The molecular formula is C18H17ClN4S. The van der Waals surface area contributed by atoms with Gasteiger partial charge in [0.25, 0.3) is 0 Å². The Morgan fingerprint density at radius 2 is 2.04 bits per heavy atom. The fourth-order valence-electron chi connectivity index (χ4n) is 2.24. The molecule has 0 radical (unpaired) electrons. The molecule has 6 heteroatoms. The molecule has 0 amide bonds. The molecule has 0 aliphatic heterocycles. The summed E-state index contributed by atoms with van der Waals surface area (Å²) in [6.45, 7) is 4.70. The fourth-order valence-corrected chi connectivity index (χ4v) is 3.26. The van der Waals surface area contributed by atoms with E-state index in [0.717, 1.165) is 27.3 Å². The first-order valence-electron chi connectivity index (χ1n) is 7.62. The Bertz CT molecular complexity index is 908. The zero-order valence-corrected chi connectivity index (χ0v) is 15.1. The van der Waals surface area contributed by atoms with Crippen LogP contribution in [0.5, 0.6) is 0 Å². The highest BCUT2D eigenvalue weighted by molar-refractivity contribution is 7.07. The molecule has 24 heavy (non-hydrogen) atoms. The van der Waals surface area contributed by atoms with E-state index in [-0.39, 0.29) is 0 Å². The van der Waals surface area contributed by atoms with Gasteiger partial charge in [-0.3, -0.25) is 9.98 Å². The smallest absolute Gasteiger partial charge is 0.206 e. The van der Waals surface area contributed by atoms with Crippen LogP contribution < -0.4 is 4.80 Å². The molecule has 2 aromatic heterocycles. The number of rotatable bonds is 4. The van der Waals surface area contributed by atoms with Crippen LogP contribution in [-0.4, -0.2) is 21.9 Å². The molecule has 0 atom stereocenters. The van der Waals surface area contributed by atoms with Gasteiger partial charge in [-0.15, -0.1) is 11.3 Å². The highest BCUT2D eigenvalue weighted by Gasteiger charge is 2.08. The van der Waals surface area contributed by atoms with Crippen molar-refractivity contribution in [2.75, 3.05) is 6.54 Å². The molecular weight excluding hydrogens is 340 g/mol. The molecule has 0 N–H and O–H groups in total. The molecule has 0 aliphatic carbocycles. The van der Waals surface area contributed by atoms with Gasteiger partial charge >= 0.3 is 0 Å². The largest absolute Gasteiger partial charge is 0.264 e. The Morgan fingerprint density at radius 3 is 2.71 bits per heavy atom. The van der Waals surface area contributed by atoms with Crippen molar-refractivity contribution in [3.63, 3.8) is 0 Å². The van der Waals surface area contributed by atoms with Gasteiger partial charge in [0, 0.05) is 40.5 Å². The van der Waals surface area contributed by atoms with Crippen LogP contribution in [0.15, 0.2) is 64.3 Å². The summed E-state index contributed by atoms with van der Waals surface area (Å²) >= 11 is 7.58. The molecule has 0 aliphatic rings. The quantitative estimate of drug-likeness (QED) is 0.636. The van der Waals surface area contributed by atoms with Gasteiger partial charge < -0.3 is 0 Å². The molecule has 0 saturated heterocycles. The molecule has 0 saturated carbocycles. The summed E-state index contributed by atoms with van der Waals surface area (Å²) in [5.41, 5.74) is 3.91. The van der Waals surface area contributed by atoms with Gasteiger partial charge in [0.2, 0.25) is 4.80 Å². The zero-order valence-electron chi connectivity index (χ0n) is 13.5. The van der Waals surface area contributed by atoms with Crippen molar-refractivity contribution in [2.45, 2.75) is 13.8 Å². The van der Waals surface area contributed by atoms with Crippen molar-refractivity contribution in [1.82, 2.24) is 9.66 Å². The predicted octanol–water partition coefficient (Wildman–Crippen LogP) is 4.46. The number of hydrogen-bond acceptors (Lipinski definition) is 4. The van der Waals surface area contributed by atoms with Crippen molar-refractivity contribution >= 4 is 28.6 Å². The molecule has 2 heterocycles. The molecule has 0 unspecified atom stereocenters. The van der Waals surface area contributed by atoms with Gasteiger partial charge in [-0.05, 0) is 32.0 Å². The van der Waals surface area contributed by atoms with E-state index < -0.39 is 0 Å². The Morgan fingerprint density at radius 1 is 1.25 bits per heavy atom. The van der Waals surface area contributed by atoms with Gasteiger partial charge in [0.15, 0.2) is 0 Å². The van der Waals surface area contributed by atoms with Gasteiger partial charge in [0.05, 0.1) is 11.4 Å². The minimum Gasteiger partial charge on any atom is -0.264 e. The Hall–Kier alpha value is -2.24. The third-order valence-electron chi connectivity index (χ3n) is 3.45. The fraction of sp³-hybridized carbons (Fsp3) is 0.167. The number of halogens is 1. The summed E-state index contributed by atoms with van der Waals surface area (Å²) in [4.78, 5) is 9.57. The van der Waals surface area contributed by atoms with E-state index in [4.69, 9.17) is 16.7 Å². The standard InChI is InChI=1S/C18H17ClN4S/c1-3-21-18-23(22-13(2)15-5-4-10-20-11-15)17(12-24-18)14-6-8-16(19)9-7-14/h4-12H,3H2,1-2H3. The molecule has 3 rings (SSSR count). The predicted molar refractivity (Wildman–Crippen MR) is 101 cm³/mol. The van der Waals surface area contributed by atoms with Gasteiger partial charge in [-0.2, -0.15) is 5.10 Å². The van der Waals surface area contributed by atoms with Crippen LogP contribution in [0, 0.1) is 0 Å². The molecule has 0 fully saturated rings. The van der Waals surface area contributed by atoms with Crippen LogP contribution >= 0.6 is 22.9 Å². The summed E-state index contributed by atoms with van der Waals surface area (Å²) in [5, 5.41) is 7.57. The lowest BCUT2D eigenvalue weighted by Crippen LogP contribution is -2.14. The van der Waals surface area contributed by atoms with Gasteiger partial charge in [0.1, 0.15) is 0 Å². The van der Waals surface area contributed by atoms with Crippen molar-refractivity contribution in [3.05, 3.63) is 69.6 Å². The summed E-state index contributed by atoms with van der Waals surface area (Å²) in [6, 6.07) is 11.7. The first kappa shape index (κ1) is 16.6. The van der Waals surface area contributed by atoms with E-state index in [2.05, 4.69) is 15.4 Å². The molecule has 3 aromatic rings.